The molecule has 2 rings (SSSR count). The van der Waals surface area contributed by atoms with Crippen LogP contribution in [0.5, 0.6) is 0 Å². The van der Waals surface area contributed by atoms with Crippen LogP contribution in [0.25, 0.3) is 12.2 Å². The molecule has 0 atom stereocenters. The molecule has 1 heterocycles. The molecule has 21 heavy (non-hydrogen) atoms. The predicted octanol–water partition coefficient (Wildman–Crippen LogP) is 3.08. The van der Waals surface area contributed by atoms with Gasteiger partial charge in [-0.05, 0) is 29.9 Å². The maximum absolute atomic E-state index is 11.9. The highest BCUT2D eigenvalue weighted by atomic mass is 16.4. The van der Waals surface area contributed by atoms with Crippen LogP contribution in [0.3, 0.4) is 0 Å². The largest absolute Gasteiger partial charge is 0.478 e. The second kappa shape index (κ2) is 6.96. The number of rotatable bonds is 5. The van der Waals surface area contributed by atoms with Crippen molar-refractivity contribution in [2.24, 2.45) is 0 Å². The zero-order valence-electron chi connectivity index (χ0n) is 11.1. The topological polar surface area (TPSA) is 67.3 Å². The number of aliphatic carboxylic acids is 1. The fourth-order valence-electron chi connectivity index (χ4n) is 1.64. The average Bonchev–Trinajstić information content (AvgIpc) is 2.52. The molecule has 1 aromatic heterocycles. The van der Waals surface area contributed by atoms with Gasteiger partial charge in [-0.2, -0.15) is 0 Å². The van der Waals surface area contributed by atoms with Gasteiger partial charge in [0.2, 0.25) is 0 Å². The van der Waals surface area contributed by atoms with E-state index in [-0.39, 0.29) is 5.78 Å². The van der Waals surface area contributed by atoms with Gasteiger partial charge >= 0.3 is 5.97 Å². The molecule has 0 radical (unpaired) electrons. The summed E-state index contributed by atoms with van der Waals surface area (Å²) >= 11 is 0. The first-order chi connectivity index (χ1) is 10.1. The van der Waals surface area contributed by atoms with E-state index < -0.39 is 5.97 Å². The number of aromatic nitrogens is 1. The van der Waals surface area contributed by atoms with Crippen LogP contribution in [-0.2, 0) is 4.79 Å². The quantitative estimate of drug-likeness (QED) is 0.674. The SMILES string of the molecule is O=C(O)C=Cc1ccc(C=CC(=O)c2ccccc2)cn1. The zero-order valence-corrected chi connectivity index (χ0v) is 11.1. The second-order valence-electron chi connectivity index (χ2n) is 4.25. The van der Waals surface area contributed by atoms with Crippen LogP contribution in [0.1, 0.15) is 21.6 Å². The van der Waals surface area contributed by atoms with E-state index in [0.717, 1.165) is 11.6 Å². The van der Waals surface area contributed by atoms with E-state index in [2.05, 4.69) is 4.98 Å². The third kappa shape index (κ3) is 4.54. The van der Waals surface area contributed by atoms with Gasteiger partial charge in [-0.3, -0.25) is 9.78 Å². The zero-order chi connectivity index (χ0) is 15.1. The Morgan fingerprint density at radius 2 is 1.71 bits per heavy atom. The van der Waals surface area contributed by atoms with Crippen molar-refractivity contribution in [2.75, 3.05) is 0 Å². The molecule has 0 unspecified atom stereocenters. The number of allylic oxidation sites excluding steroid dienone is 1. The van der Waals surface area contributed by atoms with E-state index in [4.69, 9.17) is 5.11 Å². The summed E-state index contributed by atoms with van der Waals surface area (Å²) in [5, 5.41) is 8.52. The highest BCUT2D eigenvalue weighted by Gasteiger charge is 1.99. The number of hydrogen-bond acceptors (Lipinski definition) is 3. The lowest BCUT2D eigenvalue weighted by Crippen LogP contribution is -1.93. The molecular weight excluding hydrogens is 266 g/mol. The lowest BCUT2D eigenvalue weighted by atomic mass is 10.1. The Labute approximate surface area is 122 Å². The third-order valence-electron chi connectivity index (χ3n) is 2.69. The molecule has 4 nitrogen and oxygen atoms in total. The lowest BCUT2D eigenvalue weighted by molar-refractivity contribution is -0.131. The maximum atomic E-state index is 11.9. The van der Waals surface area contributed by atoms with Gasteiger partial charge in [0, 0.05) is 17.8 Å². The molecule has 0 amide bonds. The molecule has 0 bridgehead atoms. The third-order valence-corrected chi connectivity index (χ3v) is 2.69. The van der Waals surface area contributed by atoms with E-state index in [0.29, 0.717) is 11.3 Å². The molecule has 0 saturated carbocycles. The number of hydrogen-bond donors (Lipinski definition) is 1. The van der Waals surface area contributed by atoms with Crippen LogP contribution in [0.15, 0.2) is 60.8 Å². The molecule has 104 valence electrons. The van der Waals surface area contributed by atoms with Crippen molar-refractivity contribution in [3.05, 3.63) is 77.6 Å². The molecule has 2 aromatic rings. The van der Waals surface area contributed by atoms with E-state index in [1.54, 1.807) is 36.5 Å². The normalized spacial score (nSPS) is 11.0. The summed E-state index contributed by atoms with van der Waals surface area (Å²) in [5.74, 6) is -1.10. The summed E-state index contributed by atoms with van der Waals surface area (Å²) in [6, 6.07) is 12.4. The molecule has 0 spiro atoms. The van der Waals surface area contributed by atoms with E-state index in [1.807, 2.05) is 18.2 Å². The van der Waals surface area contributed by atoms with Crippen molar-refractivity contribution in [3.63, 3.8) is 0 Å². The van der Waals surface area contributed by atoms with Crippen molar-refractivity contribution in [1.29, 1.82) is 0 Å². The van der Waals surface area contributed by atoms with Crippen LogP contribution in [-0.4, -0.2) is 21.8 Å². The van der Waals surface area contributed by atoms with Gasteiger partial charge < -0.3 is 5.11 Å². The van der Waals surface area contributed by atoms with Crippen LogP contribution < -0.4 is 0 Å². The fraction of sp³-hybridized carbons (Fsp3) is 0. The first-order valence-corrected chi connectivity index (χ1v) is 6.30. The summed E-state index contributed by atoms with van der Waals surface area (Å²) < 4.78 is 0. The first kappa shape index (κ1) is 14.4. The standard InChI is InChI=1S/C17H13NO3/c19-16(14-4-2-1-3-5-14)10-7-13-6-8-15(18-12-13)9-11-17(20)21/h1-12H,(H,20,21). The van der Waals surface area contributed by atoms with Gasteiger partial charge in [0.1, 0.15) is 0 Å². The number of carbonyl (C=O) groups is 2. The minimum Gasteiger partial charge on any atom is -0.478 e. The Hall–Kier alpha value is -3.01. The van der Waals surface area contributed by atoms with Crippen LogP contribution in [0.4, 0.5) is 0 Å². The van der Waals surface area contributed by atoms with Crippen molar-refractivity contribution >= 4 is 23.9 Å². The summed E-state index contributed by atoms with van der Waals surface area (Å²) in [5.41, 5.74) is 1.94. The summed E-state index contributed by atoms with van der Waals surface area (Å²) in [4.78, 5) is 26.4. The van der Waals surface area contributed by atoms with Crippen LogP contribution in [0, 0.1) is 0 Å². The van der Waals surface area contributed by atoms with Crippen molar-refractivity contribution in [1.82, 2.24) is 4.98 Å². The van der Waals surface area contributed by atoms with Crippen molar-refractivity contribution in [3.8, 4) is 0 Å². The Morgan fingerprint density at radius 3 is 2.33 bits per heavy atom. The molecule has 1 aromatic carbocycles. The Morgan fingerprint density at radius 1 is 0.952 bits per heavy atom. The van der Waals surface area contributed by atoms with Crippen LogP contribution >= 0.6 is 0 Å². The molecule has 0 aliphatic heterocycles. The van der Waals surface area contributed by atoms with Gasteiger partial charge in [-0.25, -0.2) is 4.79 Å². The Balaban J connectivity index is 2.05. The molecule has 1 N–H and O–H groups in total. The van der Waals surface area contributed by atoms with Gasteiger partial charge in [0.25, 0.3) is 0 Å². The number of nitrogens with zero attached hydrogens (tertiary/aromatic N) is 1. The smallest absolute Gasteiger partial charge is 0.328 e. The molecule has 4 heteroatoms. The lowest BCUT2D eigenvalue weighted by Gasteiger charge is -1.96. The molecule has 0 fully saturated rings. The minimum atomic E-state index is -1.02. The van der Waals surface area contributed by atoms with Crippen molar-refractivity contribution in [2.45, 2.75) is 0 Å². The monoisotopic (exact) mass is 279 g/mol. The number of benzene rings is 1. The van der Waals surface area contributed by atoms with Gasteiger partial charge in [0.05, 0.1) is 5.69 Å². The van der Waals surface area contributed by atoms with Gasteiger partial charge in [-0.1, -0.05) is 36.4 Å². The number of carboxylic acid groups (broad SMARTS) is 1. The Bertz CT molecular complexity index is 686. The van der Waals surface area contributed by atoms with Gasteiger partial charge in [-0.15, -0.1) is 0 Å². The second-order valence-corrected chi connectivity index (χ2v) is 4.25. The average molecular weight is 279 g/mol. The highest BCUT2D eigenvalue weighted by molar-refractivity contribution is 6.06. The van der Waals surface area contributed by atoms with Crippen molar-refractivity contribution < 1.29 is 14.7 Å². The number of carbonyl (C=O) groups excluding carboxylic acids is 1. The molecule has 0 aliphatic rings. The summed E-state index contributed by atoms with van der Waals surface area (Å²) in [7, 11) is 0. The first-order valence-electron chi connectivity index (χ1n) is 6.30. The molecule has 0 aliphatic carbocycles. The predicted molar refractivity (Wildman–Crippen MR) is 80.7 cm³/mol. The number of pyridine rings is 1. The number of carboxylic acids is 1. The maximum Gasteiger partial charge on any atom is 0.328 e. The summed E-state index contributed by atoms with van der Waals surface area (Å²) in [6.07, 6.45) is 7.17. The fourth-order valence-corrected chi connectivity index (χ4v) is 1.64. The Kier molecular flexibility index (Phi) is 4.77. The van der Waals surface area contributed by atoms with Crippen LogP contribution in [0.2, 0.25) is 0 Å². The molecular formula is C17H13NO3. The van der Waals surface area contributed by atoms with E-state index in [1.165, 1.54) is 12.2 Å². The van der Waals surface area contributed by atoms with Gasteiger partial charge in [0.15, 0.2) is 5.78 Å². The number of ketones is 1. The molecule has 0 saturated heterocycles. The van der Waals surface area contributed by atoms with E-state index >= 15 is 0 Å². The summed E-state index contributed by atoms with van der Waals surface area (Å²) in [6.45, 7) is 0. The highest BCUT2D eigenvalue weighted by Crippen LogP contribution is 2.06. The minimum absolute atomic E-state index is 0.0783. The van der Waals surface area contributed by atoms with E-state index in [9.17, 15) is 9.59 Å².